The molecule has 1 N–H and O–H groups in total. The SMILES string of the molecule is CCc1nnc2n1CC(c1ccc(NC(=O)c3cccc4ncccc34)cc1)CC2. The van der Waals surface area contributed by atoms with Crippen LogP contribution in [0.2, 0.25) is 0 Å². The zero-order valence-corrected chi connectivity index (χ0v) is 16.9. The molecule has 0 radical (unpaired) electrons. The fourth-order valence-electron chi connectivity index (χ4n) is 4.26. The van der Waals surface area contributed by atoms with Gasteiger partial charge in [-0.25, -0.2) is 0 Å². The van der Waals surface area contributed by atoms with E-state index in [0.29, 0.717) is 11.5 Å². The first-order valence-electron chi connectivity index (χ1n) is 10.4. The van der Waals surface area contributed by atoms with E-state index in [0.717, 1.165) is 54.0 Å². The van der Waals surface area contributed by atoms with Gasteiger partial charge in [0.25, 0.3) is 5.91 Å². The maximum absolute atomic E-state index is 12.8. The van der Waals surface area contributed by atoms with Crippen LogP contribution in [0.3, 0.4) is 0 Å². The zero-order chi connectivity index (χ0) is 20.5. The van der Waals surface area contributed by atoms with E-state index >= 15 is 0 Å². The summed E-state index contributed by atoms with van der Waals surface area (Å²) in [6, 6.07) is 17.6. The molecule has 2 aromatic carbocycles. The second-order valence-corrected chi connectivity index (χ2v) is 7.68. The Morgan fingerprint density at radius 3 is 2.80 bits per heavy atom. The number of hydrogen-bond acceptors (Lipinski definition) is 4. The number of benzene rings is 2. The molecule has 1 aliphatic heterocycles. The summed E-state index contributed by atoms with van der Waals surface area (Å²) >= 11 is 0. The van der Waals surface area contributed by atoms with Crippen LogP contribution in [0.1, 0.15) is 46.8 Å². The Morgan fingerprint density at radius 2 is 1.97 bits per heavy atom. The van der Waals surface area contributed by atoms with E-state index < -0.39 is 0 Å². The Kier molecular flexibility index (Phi) is 4.75. The third-order valence-electron chi connectivity index (χ3n) is 5.87. The monoisotopic (exact) mass is 397 g/mol. The number of carbonyl (C=O) groups is 1. The highest BCUT2D eigenvalue weighted by Crippen LogP contribution is 2.30. The number of aromatic nitrogens is 4. The summed E-state index contributed by atoms with van der Waals surface area (Å²) in [6.07, 6.45) is 4.65. The minimum Gasteiger partial charge on any atom is -0.322 e. The topological polar surface area (TPSA) is 72.7 Å². The lowest BCUT2D eigenvalue weighted by Crippen LogP contribution is -2.20. The summed E-state index contributed by atoms with van der Waals surface area (Å²) < 4.78 is 2.26. The molecule has 0 fully saturated rings. The van der Waals surface area contributed by atoms with Crippen LogP contribution in [0, 0.1) is 0 Å². The van der Waals surface area contributed by atoms with E-state index in [1.165, 1.54) is 5.56 Å². The van der Waals surface area contributed by atoms with Gasteiger partial charge in [0, 0.05) is 48.1 Å². The van der Waals surface area contributed by atoms with Crippen LogP contribution < -0.4 is 5.32 Å². The highest BCUT2D eigenvalue weighted by Gasteiger charge is 2.23. The van der Waals surface area contributed by atoms with Crippen LogP contribution >= 0.6 is 0 Å². The molecule has 3 heterocycles. The molecule has 0 spiro atoms. The number of amides is 1. The fraction of sp³-hybridized carbons (Fsp3) is 0.250. The van der Waals surface area contributed by atoms with Gasteiger partial charge in [-0.15, -0.1) is 10.2 Å². The number of aryl methyl sites for hydroxylation is 2. The van der Waals surface area contributed by atoms with E-state index in [4.69, 9.17) is 0 Å². The highest BCUT2D eigenvalue weighted by atomic mass is 16.1. The van der Waals surface area contributed by atoms with Crippen molar-refractivity contribution >= 4 is 22.5 Å². The number of anilines is 1. The molecule has 0 bridgehead atoms. The summed E-state index contributed by atoms with van der Waals surface area (Å²) in [7, 11) is 0. The van der Waals surface area contributed by atoms with Crippen molar-refractivity contribution in [2.24, 2.45) is 0 Å². The van der Waals surface area contributed by atoms with Gasteiger partial charge in [-0.05, 0) is 42.3 Å². The number of pyridine rings is 1. The molecule has 0 saturated carbocycles. The lowest BCUT2D eigenvalue weighted by atomic mass is 9.91. The van der Waals surface area contributed by atoms with Crippen molar-refractivity contribution in [3.8, 4) is 0 Å². The highest BCUT2D eigenvalue weighted by molar-refractivity contribution is 6.12. The molecule has 0 aliphatic carbocycles. The predicted octanol–water partition coefficient (Wildman–Crippen LogP) is 4.37. The van der Waals surface area contributed by atoms with Crippen molar-refractivity contribution in [1.82, 2.24) is 19.7 Å². The smallest absolute Gasteiger partial charge is 0.256 e. The van der Waals surface area contributed by atoms with Gasteiger partial charge < -0.3 is 9.88 Å². The molecule has 5 rings (SSSR count). The summed E-state index contributed by atoms with van der Waals surface area (Å²) in [5.41, 5.74) is 3.52. The summed E-state index contributed by atoms with van der Waals surface area (Å²) in [6.45, 7) is 3.03. The minimum atomic E-state index is -0.124. The molecule has 1 atom stereocenters. The molecular weight excluding hydrogens is 374 g/mol. The summed E-state index contributed by atoms with van der Waals surface area (Å²) in [4.78, 5) is 17.2. The van der Waals surface area contributed by atoms with E-state index in [2.05, 4.69) is 44.1 Å². The van der Waals surface area contributed by atoms with Gasteiger partial charge in [-0.1, -0.05) is 31.2 Å². The Morgan fingerprint density at radius 1 is 1.10 bits per heavy atom. The van der Waals surface area contributed by atoms with Crippen LogP contribution in [0.4, 0.5) is 5.69 Å². The molecule has 30 heavy (non-hydrogen) atoms. The lowest BCUT2D eigenvalue weighted by molar-refractivity contribution is 0.102. The number of nitrogens with one attached hydrogen (secondary N) is 1. The summed E-state index contributed by atoms with van der Waals surface area (Å²) in [5.74, 6) is 2.47. The minimum absolute atomic E-state index is 0.124. The van der Waals surface area contributed by atoms with Crippen molar-refractivity contribution in [3.05, 3.63) is 83.6 Å². The van der Waals surface area contributed by atoms with Gasteiger partial charge in [-0.2, -0.15) is 0 Å². The zero-order valence-electron chi connectivity index (χ0n) is 16.9. The van der Waals surface area contributed by atoms with Crippen LogP contribution in [0.5, 0.6) is 0 Å². The quantitative estimate of drug-likeness (QED) is 0.555. The first-order valence-corrected chi connectivity index (χ1v) is 10.4. The Hall–Kier alpha value is -3.54. The Bertz CT molecular complexity index is 1190. The number of fused-ring (bicyclic) bond motifs is 2. The van der Waals surface area contributed by atoms with Crippen molar-refractivity contribution < 1.29 is 4.79 Å². The third kappa shape index (κ3) is 3.34. The average molecular weight is 397 g/mol. The van der Waals surface area contributed by atoms with Gasteiger partial charge in [0.1, 0.15) is 11.6 Å². The molecule has 4 aromatic rings. The van der Waals surface area contributed by atoms with E-state index in [1.807, 2.05) is 42.5 Å². The van der Waals surface area contributed by atoms with E-state index in [1.54, 1.807) is 6.20 Å². The molecule has 2 aromatic heterocycles. The van der Waals surface area contributed by atoms with Crippen molar-refractivity contribution in [1.29, 1.82) is 0 Å². The van der Waals surface area contributed by atoms with Crippen LogP contribution in [0.15, 0.2) is 60.8 Å². The summed E-state index contributed by atoms with van der Waals surface area (Å²) in [5, 5.41) is 12.5. The molecule has 1 aliphatic rings. The maximum Gasteiger partial charge on any atom is 0.256 e. The van der Waals surface area contributed by atoms with Crippen molar-refractivity contribution in [2.45, 2.75) is 38.6 Å². The second kappa shape index (κ2) is 7.71. The molecule has 6 nitrogen and oxygen atoms in total. The van der Waals surface area contributed by atoms with Gasteiger partial charge >= 0.3 is 0 Å². The average Bonchev–Trinajstić information content (AvgIpc) is 3.21. The van der Waals surface area contributed by atoms with Crippen molar-refractivity contribution in [2.75, 3.05) is 5.32 Å². The number of rotatable bonds is 4. The normalized spacial score (nSPS) is 15.7. The Balaban J connectivity index is 1.32. The predicted molar refractivity (Wildman–Crippen MR) is 117 cm³/mol. The first-order chi connectivity index (χ1) is 14.7. The van der Waals surface area contributed by atoms with Gasteiger partial charge in [0.2, 0.25) is 0 Å². The third-order valence-corrected chi connectivity index (χ3v) is 5.87. The lowest BCUT2D eigenvalue weighted by Gasteiger charge is -2.24. The van der Waals surface area contributed by atoms with E-state index in [9.17, 15) is 4.79 Å². The molecule has 1 unspecified atom stereocenters. The number of nitrogens with zero attached hydrogens (tertiary/aromatic N) is 4. The number of carbonyl (C=O) groups excluding carboxylic acids is 1. The molecule has 150 valence electrons. The van der Waals surface area contributed by atoms with Gasteiger partial charge in [0.15, 0.2) is 0 Å². The molecular formula is C24H23N5O. The Labute approximate surface area is 175 Å². The second-order valence-electron chi connectivity index (χ2n) is 7.68. The van der Waals surface area contributed by atoms with Crippen LogP contribution in [-0.2, 0) is 19.4 Å². The fourth-order valence-corrected chi connectivity index (χ4v) is 4.26. The first kappa shape index (κ1) is 18.5. The van der Waals surface area contributed by atoms with Crippen LogP contribution in [0.25, 0.3) is 10.9 Å². The molecule has 6 heteroatoms. The largest absolute Gasteiger partial charge is 0.322 e. The standard InChI is InChI=1S/C24H23N5O/c1-2-22-27-28-23-13-10-17(15-29(22)23)16-8-11-18(12-9-16)26-24(30)20-5-3-7-21-19(20)6-4-14-25-21/h3-9,11-12,14,17H,2,10,13,15H2,1H3,(H,26,30). The van der Waals surface area contributed by atoms with Crippen LogP contribution in [-0.4, -0.2) is 25.7 Å². The molecule has 0 saturated heterocycles. The number of hydrogen-bond donors (Lipinski definition) is 1. The van der Waals surface area contributed by atoms with E-state index in [-0.39, 0.29) is 5.91 Å². The van der Waals surface area contributed by atoms with Gasteiger partial charge in [-0.3, -0.25) is 9.78 Å². The maximum atomic E-state index is 12.8. The van der Waals surface area contributed by atoms with Gasteiger partial charge in [0.05, 0.1) is 5.52 Å². The van der Waals surface area contributed by atoms with Crippen molar-refractivity contribution in [3.63, 3.8) is 0 Å². The molecule has 1 amide bonds.